The lowest BCUT2D eigenvalue weighted by Crippen LogP contribution is -2.41. The van der Waals surface area contributed by atoms with Crippen LogP contribution in [0.25, 0.3) is 0 Å². The Balaban J connectivity index is 2.15. The molecule has 2 N–H and O–H groups in total. The summed E-state index contributed by atoms with van der Waals surface area (Å²) in [5.41, 5.74) is 6.33. The number of aryl methyl sites for hydroxylation is 1. The number of nitrogens with zero attached hydrogens (tertiary/aromatic N) is 1. The van der Waals surface area contributed by atoms with Crippen molar-refractivity contribution >= 4 is 21.4 Å². The van der Waals surface area contributed by atoms with Crippen molar-refractivity contribution in [2.24, 2.45) is 11.7 Å². The number of alkyl halides is 3. The monoisotopic (exact) mass is 342 g/mol. The Morgan fingerprint density at radius 1 is 1.38 bits per heavy atom. The first-order valence-electron chi connectivity index (χ1n) is 6.52. The average Bonchev–Trinajstić information content (AvgIpc) is 2.80. The summed E-state index contributed by atoms with van der Waals surface area (Å²) in [6, 6.07) is 1.54. The molecular weight excluding hydrogens is 325 g/mol. The number of nitrogens with two attached hydrogens (primary N) is 1. The SMILES string of the molecule is Cc1cc(S(=O)(=O)N2CCC(C(F)(F)F)CC2)sc1CN. The molecule has 2 heterocycles. The zero-order valence-electron chi connectivity index (χ0n) is 11.5. The number of hydrogen-bond donors (Lipinski definition) is 1. The summed E-state index contributed by atoms with van der Waals surface area (Å²) in [6.07, 6.45) is -4.62. The summed E-state index contributed by atoms with van der Waals surface area (Å²) in [6.45, 7) is 1.83. The van der Waals surface area contributed by atoms with E-state index in [1.54, 1.807) is 6.92 Å². The quantitative estimate of drug-likeness (QED) is 0.918. The van der Waals surface area contributed by atoms with Crippen molar-refractivity contribution in [3.05, 3.63) is 16.5 Å². The molecule has 1 fully saturated rings. The maximum Gasteiger partial charge on any atom is 0.391 e. The molecule has 1 aliphatic rings. The second kappa shape index (κ2) is 5.86. The molecule has 0 atom stereocenters. The van der Waals surface area contributed by atoms with Crippen LogP contribution in [-0.4, -0.2) is 32.0 Å². The van der Waals surface area contributed by atoms with Gasteiger partial charge in [-0.05, 0) is 31.4 Å². The molecule has 0 bridgehead atoms. The second-order valence-corrected chi connectivity index (χ2v) is 8.40. The fourth-order valence-electron chi connectivity index (χ4n) is 2.37. The molecule has 0 aliphatic carbocycles. The molecular formula is C12H17F3N2O2S2. The number of rotatable bonds is 3. The van der Waals surface area contributed by atoms with Crippen LogP contribution < -0.4 is 5.73 Å². The Morgan fingerprint density at radius 2 is 1.95 bits per heavy atom. The highest BCUT2D eigenvalue weighted by Gasteiger charge is 2.43. The molecule has 0 saturated carbocycles. The maximum absolute atomic E-state index is 12.6. The third kappa shape index (κ3) is 3.41. The van der Waals surface area contributed by atoms with E-state index in [9.17, 15) is 21.6 Å². The molecule has 0 amide bonds. The van der Waals surface area contributed by atoms with E-state index < -0.39 is 22.1 Å². The van der Waals surface area contributed by atoms with Crippen molar-refractivity contribution in [1.29, 1.82) is 0 Å². The minimum Gasteiger partial charge on any atom is -0.326 e. The molecule has 1 aromatic rings. The minimum absolute atomic E-state index is 0.0958. The van der Waals surface area contributed by atoms with Crippen molar-refractivity contribution < 1.29 is 21.6 Å². The van der Waals surface area contributed by atoms with Crippen molar-refractivity contribution in [3.8, 4) is 0 Å². The normalized spacial score (nSPS) is 19.1. The van der Waals surface area contributed by atoms with Crippen LogP contribution in [-0.2, 0) is 16.6 Å². The van der Waals surface area contributed by atoms with E-state index in [1.807, 2.05) is 0 Å². The topological polar surface area (TPSA) is 63.4 Å². The van der Waals surface area contributed by atoms with Crippen molar-refractivity contribution in [2.75, 3.05) is 13.1 Å². The van der Waals surface area contributed by atoms with E-state index in [4.69, 9.17) is 5.73 Å². The fourth-order valence-corrected chi connectivity index (χ4v) is 5.46. The summed E-state index contributed by atoms with van der Waals surface area (Å²) >= 11 is 1.09. The van der Waals surface area contributed by atoms with Crippen LogP contribution in [0.15, 0.2) is 10.3 Å². The molecule has 1 saturated heterocycles. The van der Waals surface area contributed by atoms with Gasteiger partial charge < -0.3 is 5.73 Å². The summed E-state index contributed by atoms with van der Waals surface area (Å²) in [4.78, 5) is 0.777. The van der Waals surface area contributed by atoms with Gasteiger partial charge in [0.15, 0.2) is 0 Å². The van der Waals surface area contributed by atoms with Crippen LogP contribution >= 0.6 is 11.3 Å². The molecule has 0 spiro atoms. The lowest BCUT2D eigenvalue weighted by Gasteiger charge is -2.31. The standard InChI is InChI=1S/C12H17F3N2O2S2/c1-8-6-11(20-10(8)7-16)21(18,19)17-4-2-9(3-5-17)12(13,14)15/h6,9H,2-5,7,16H2,1H3. The van der Waals surface area contributed by atoms with Crippen LogP contribution in [0.5, 0.6) is 0 Å². The number of piperidine rings is 1. The number of thiophene rings is 1. The Labute approximate surface area is 125 Å². The van der Waals surface area contributed by atoms with Gasteiger partial charge in [-0.15, -0.1) is 11.3 Å². The Hall–Kier alpha value is -0.640. The summed E-state index contributed by atoms with van der Waals surface area (Å²) in [5, 5.41) is 0. The average molecular weight is 342 g/mol. The number of halogens is 3. The molecule has 2 rings (SSSR count). The predicted molar refractivity (Wildman–Crippen MR) is 74.5 cm³/mol. The second-order valence-electron chi connectivity index (χ2n) is 5.10. The van der Waals surface area contributed by atoms with E-state index in [2.05, 4.69) is 0 Å². The van der Waals surface area contributed by atoms with Crippen LogP contribution in [0.1, 0.15) is 23.3 Å². The molecule has 4 nitrogen and oxygen atoms in total. The predicted octanol–water partition coefficient (Wildman–Crippen LogP) is 2.48. The van der Waals surface area contributed by atoms with Crippen LogP contribution in [0.4, 0.5) is 13.2 Å². The summed E-state index contributed by atoms with van der Waals surface area (Å²) < 4.78 is 64.0. The largest absolute Gasteiger partial charge is 0.391 e. The smallest absolute Gasteiger partial charge is 0.326 e. The van der Waals surface area contributed by atoms with Gasteiger partial charge in [-0.1, -0.05) is 0 Å². The molecule has 1 aromatic heterocycles. The van der Waals surface area contributed by atoms with Crippen molar-refractivity contribution in [2.45, 2.75) is 36.7 Å². The summed E-state index contributed by atoms with van der Waals surface area (Å²) in [5.74, 6) is -1.41. The van der Waals surface area contributed by atoms with Gasteiger partial charge in [0.25, 0.3) is 10.0 Å². The zero-order chi connectivity index (χ0) is 15.8. The van der Waals surface area contributed by atoms with Crippen LogP contribution in [0.3, 0.4) is 0 Å². The highest BCUT2D eigenvalue weighted by molar-refractivity contribution is 7.91. The van der Waals surface area contributed by atoms with Gasteiger partial charge in [-0.25, -0.2) is 8.42 Å². The lowest BCUT2D eigenvalue weighted by atomic mass is 9.98. The van der Waals surface area contributed by atoms with Crippen molar-refractivity contribution in [1.82, 2.24) is 4.31 Å². The molecule has 0 unspecified atom stereocenters. The van der Waals surface area contributed by atoms with Gasteiger partial charge in [-0.3, -0.25) is 0 Å². The highest BCUT2D eigenvalue weighted by atomic mass is 32.2. The van der Waals surface area contributed by atoms with Crippen LogP contribution in [0, 0.1) is 12.8 Å². The zero-order valence-corrected chi connectivity index (χ0v) is 13.1. The Morgan fingerprint density at radius 3 is 2.38 bits per heavy atom. The van der Waals surface area contributed by atoms with E-state index in [1.165, 1.54) is 6.07 Å². The van der Waals surface area contributed by atoms with E-state index in [0.717, 1.165) is 26.1 Å². The number of sulfonamides is 1. The van der Waals surface area contributed by atoms with Gasteiger partial charge >= 0.3 is 6.18 Å². The maximum atomic E-state index is 12.6. The van der Waals surface area contributed by atoms with Gasteiger partial charge in [0.05, 0.1) is 5.92 Å². The van der Waals surface area contributed by atoms with Gasteiger partial charge in [0.2, 0.25) is 0 Å². The lowest BCUT2D eigenvalue weighted by molar-refractivity contribution is -0.182. The third-order valence-electron chi connectivity index (χ3n) is 3.69. The van der Waals surface area contributed by atoms with E-state index in [-0.39, 0.29) is 36.7 Å². The third-order valence-corrected chi connectivity index (χ3v) is 7.30. The first-order valence-corrected chi connectivity index (χ1v) is 8.78. The molecule has 0 radical (unpaired) electrons. The van der Waals surface area contributed by atoms with Gasteiger partial charge in [0, 0.05) is 24.5 Å². The fraction of sp³-hybridized carbons (Fsp3) is 0.667. The molecule has 120 valence electrons. The minimum atomic E-state index is -4.25. The van der Waals surface area contributed by atoms with E-state index in [0.29, 0.717) is 0 Å². The Kier molecular flexibility index (Phi) is 4.67. The molecule has 9 heteroatoms. The first-order chi connectivity index (χ1) is 9.66. The van der Waals surface area contributed by atoms with Crippen LogP contribution in [0.2, 0.25) is 0 Å². The van der Waals surface area contributed by atoms with Crippen molar-refractivity contribution in [3.63, 3.8) is 0 Å². The number of hydrogen-bond acceptors (Lipinski definition) is 4. The highest BCUT2D eigenvalue weighted by Crippen LogP contribution is 2.36. The molecule has 21 heavy (non-hydrogen) atoms. The molecule has 0 aromatic carbocycles. The Bertz CT molecular complexity index is 603. The van der Waals surface area contributed by atoms with Gasteiger partial charge in [0.1, 0.15) is 4.21 Å². The summed E-state index contributed by atoms with van der Waals surface area (Å²) in [7, 11) is -3.71. The van der Waals surface area contributed by atoms with E-state index >= 15 is 0 Å². The first kappa shape index (κ1) is 16.7. The molecule has 1 aliphatic heterocycles. The van der Waals surface area contributed by atoms with Gasteiger partial charge in [-0.2, -0.15) is 17.5 Å².